The van der Waals surface area contributed by atoms with Gasteiger partial charge in [-0.15, -0.1) is 0 Å². The molecule has 0 unspecified atom stereocenters. The molecule has 1 aromatic rings. The highest BCUT2D eigenvalue weighted by molar-refractivity contribution is 5.98. The van der Waals surface area contributed by atoms with Crippen molar-refractivity contribution < 1.29 is 22.8 Å². The van der Waals surface area contributed by atoms with Crippen molar-refractivity contribution >= 4 is 17.5 Å². The number of aromatic nitrogens is 2. The molecule has 7 nitrogen and oxygen atoms in total. The zero-order valence-corrected chi connectivity index (χ0v) is 10.9. The van der Waals surface area contributed by atoms with Crippen molar-refractivity contribution in [2.75, 3.05) is 25.9 Å². The lowest BCUT2D eigenvalue weighted by Crippen LogP contribution is -2.42. The molecule has 0 aliphatic rings. The van der Waals surface area contributed by atoms with Crippen LogP contribution in [0.4, 0.5) is 18.9 Å². The predicted octanol–water partition coefficient (Wildman–Crippen LogP) is -0.247. The summed E-state index contributed by atoms with van der Waals surface area (Å²) in [6, 6.07) is 0. The van der Waals surface area contributed by atoms with Crippen LogP contribution in [-0.4, -0.2) is 52.8 Å². The minimum absolute atomic E-state index is 0.0659. The van der Waals surface area contributed by atoms with Gasteiger partial charge in [0, 0.05) is 14.1 Å². The molecule has 0 fully saturated rings. The van der Waals surface area contributed by atoms with E-state index < -0.39 is 31.1 Å². The number of hydrogen-bond donors (Lipinski definition) is 2. The van der Waals surface area contributed by atoms with Gasteiger partial charge in [0.25, 0.3) is 5.91 Å². The Morgan fingerprint density at radius 1 is 1.50 bits per heavy atom. The Kier molecular flexibility index (Phi) is 4.58. The van der Waals surface area contributed by atoms with Crippen molar-refractivity contribution in [1.82, 2.24) is 20.0 Å². The van der Waals surface area contributed by atoms with E-state index in [0.717, 1.165) is 4.90 Å². The highest BCUT2D eigenvalue weighted by Crippen LogP contribution is 2.13. The Bertz CT molecular complexity index is 492. The van der Waals surface area contributed by atoms with Crippen molar-refractivity contribution in [2.45, 2.75) is 6.18 Å². The third kappa shape index (κ3) is 4.14. The maximum absolute atomic E-state index is 12.0. The molecule has 0 saturated carbocycles. The number of rotatable bonds is 4. The first-order valence-corrected chi connectivity index (χ1v) is 5.48. The molecule has 1 heterocycles. The first-order chi connectivity index (χ1) is 9.11. The monoisotopic (exact) mass is 293 g/mol. The van der Waals surface area contributed by atoms with Crippen molar-refractivity contribution in [3.05, 3.63) is 11.9 Å². The summed E-state index contributed by atoms with van der Waals surface area (Å²) < 4.78 is 37.0. The molecule has 0 atom stereocenters. The van der Waals surface area contributed by atoms with Crippen LogP contribution in [0.5, 0.6) is 0 Å². The van der Waals surface area contributed by atoms with Gasteiger partial charge in [-0.2, -0.15) is 18.3 Å². The fourth-order valence-electron chi connectivity index (χ4n) is 1.44. The average Bonchev–Trinajstić information content (AvgIpc) is 2.64. The minimum atomic E-state index is -4.50. The van der Waals surface area contributed by atoms with Gasteiger partial charge in [0.05, 0.1) is 18.4 Å². The number of halogens is 3. The number of carbonyl (C=O) groups is 2. The van der Waals surface area contributed by atoms with Crippen LogP contribution in [0.3, 0.4) is 0 Å². The standard InChI is InChI=1S/C10H14F3N5O2/c1-17(4-7(19)15-5-10(11,12)13)9(20)8-6(14)3-16-18(8)2/h3H,4-5,14H2,1-2H3,(H,15,19). The van der Waals surface area contributed by atoms with E-state index in [9.17, 15) is 22.8 Å². The number of carbonyl (C=O) groups excluding carboxylic acids is 2. The first kappa shape index (κ1) is 15.8. The van der Waals surface area contributed by atoms with Crippen LogP contribution in [0.25, 0.3) is 0 Å². The quantitative estimate of drug-likeness (QED) is 0.800. The summed E-state index contributed by atoms with van der Waals surface area (Å²) in [6.07, 6.45) is -3.23. The highest BCUT2D eigenvalue weighted by atomic mass is 19.4. The molecule has 1 aromatic heterocycles. The Morgan fingerprint density at radius 2 is 2.10 bits per heavy atom. The fraction of sp³-hybridized carbons (Fsp3) is 0.500. The number of aryl methyl sites for hydroxylation is 1. The Labute approximate surface area is 112 Å². The Balaban J connectivity index is 2.61. The maximum atomic E-state index is 12.0. The van der Waals surface area contributed by atoms with Crippen molar-refractivity contribution in [2.24, 2.45) is 7.05 Å². The Morgan fingerprint density at radius 3 is 2.55 bits per heavy atom. The van der Waals surface area contributed by atoms with Gasteiger partial charge < -0.3 is 16.0 Å². The van der Waals surface area contributed by atoms with E-state index in [1.165, 1.54) is 25.0 Å². The molecule has 0 spiro atoms. The van der Waals surface area contributed by atoms with E-state index in [1.54, 1.807) is 5.32 Å². The summed E-state index contributed by atoms with van der Waals surface area (Å²) in [5, 5.41) is 5.43. The number of likely N-dealkylation sites (N-methyl/N-ethyl adjacent to an activating group) is 1. The fourth-order valence-corrected chi connectivity index (χ4v) is 1.44. The largest absolute Gasteiger partial charge is 0.405 e. The molecule has 0 aliphatic heterocycles. The van der Waals surface area contributed by atoms with Crippen molar-refractivity contribution in [3.8, 4) is 0 Å². The summed E-state index contributed by atoms with van der Waals surface area (Å²) in [4.78, 5) is 24.2. The number of nitrogens with one attached hydrogen (secondary N) is 1. The van der Waals surface area contributed by atoms with E-state index in [2.05, 4.69) is 5.10 Å². The molecule has 0 bridgehead atoms. The van der Waals surface area contributed by atoms with E-state index in [4.69, 9.17) is 5.73 Å². The second kappa shape index (κ2) is 5.80. The third-order valence-electron chi connectivity index (χ3n) is 2.38. The molecule has 1 rings (SSSR count). The molecule has 20 heavy (non-hydrogen) atoms. The van der Waals surface area contributed by atoms with E-state index >= 15 is 0 Å². The number of amides is 2. The number of nitrogens with zero attached hydrogens (tertiary/aromatic N) is 3. The number of nitrogen functional groups attached to an aromatic ring is 1. The van der Waals surface area contributed by atoms with E-state index in [0.29, 0.717) is 0 Å². The molecule has 0 aromatic carbocycles. The lowest BCUT2D eigenvalue weighted by atomic mass is 10.3. The molecule has 2 amide bonds. The zero-order chi connectivity index (χ0) is 15.5. The third-order valence-corrected chi connectivity index (χ3v) is 2.38. The molecular weight excluding hydrogens is 279 g/mol. The average molecular weight is 293 g/mol. The summed E-state index contributed by atoms with van der Waals surface area (Å²) in [5.41, 5.74) is 5.74. The van der Waals surface area contributed by atoms with Gasteiger partial charge in [-0.25, -0.2) is 0 Å². The molecule has 0 radical (unpaired) electrons. The highest BCUT2D eigenvalue weighted by Gasteiger charge is 2.28. The van der Waals surface area contributed by atoms with Crippen LogP contribution in [0.1, 0.15) is 10.5 Å². The molecule has 112 valence electrons. The van der Waals surface area contributed by atoms with Crippen LogP contribution in [0.15, 0.2) is 6.20 Å². The molecule has 0 saturated heterocycles. The van der Waals surface area contributed by atoms with Crippen LogP contribution in [0.2, 0.25) is 0 Å². The van der Waals surface area contributed by atoms with Crippen LogP contribution in [-0.2, 0) is 11.8 Å². The van der Waals surface area contributed by atoms with Gasteiger partial charge in [0.15, 0.2) is 0 Å². The molecule has 0 aliphatic carbocycles. The van der Waals surface area contributed by atoms with Gasteiger partial charge in [0.1, 0.15) is 12.2 Å². The second-order valence-corrected chi connectivity index (χ2v) is 4.13. The van der Waals surface area contributed by atoms with E-state index in [1.807, 2.05) is 0 Å². The first-order valence-electron chi connectivity index (χ1n) is 5.48. The van der Waals surface area contributed by atoms with Gasteiger partial charge in [-0.3, -0.25) is 14.3 Å². The summed E-state index contributed by atoms with van der Waals surface area (Å²) >= 11 is 0. The topological polar surface area (TPSA) is 93.2 Å². The lowest BCUT2D eigenvalue weighted by molar-refractivity contribution is -0.138. The molecular formula is C10H14F3N5O2. The normalized spacial score (nSPS) is 11.2. The lowest BCUT2D eigenvalue weighted by Gasteiger charge is -2.17. The summed E-state index contributed by atoms with van der Waals surface area (Å²) in [5.74, 6) is -1.52. The number of nitrogens with two attached hydrogens (primary N) is 1. The van der Waals surface area contributed by atoms with Crippen LogP contribution >= 0.6 is 0 Å². The van der Waals surface area contributed by atoms with E-state index in [-0.39, 0.29) is 11.4 Å². The number of hydrogen-bond acceptors (Lipinski definition) is 4. The van der Waals surface area contributed by atoms with Crippen molar-refractivity contribution in [1.29, 1.82) is 0 Å². The van der Waals surface area contributed by atoms with Crippen molar-refractivity contribution in [3.63, 3.8) is 0 Å². The Hall–Kier alpha value is -2.26. The number of alkyl halides is 3. The minimum Gasteiger partial charge on any atom is -0.396 e. The van der Waals surface area contributed by atoms with Crippen LogP contribution < -0.4 is 11.1 Å². The molecule has 3 N–H and O–H groups in total. The van der Waals surface area contributed by atoms with Gasteiger partial charge in [-0.05, 0) is 0 Å². The number of anilines is 1. The van der Waals surface area contributed by atoms with Gasteiger partial charge in [-0.1, -0.05) is 0 Å². The van der Waals surface area contributed by atoms with Gasteiger partial charge in [0.2, 0.25) is 5.91 Å². The smallest absolute Gasteiger partial charge is 0.396 e. The summed E-state index contributed by atoms with van der Waals surface area (Å²) in [6.45, 7) is -1.96. The van der Waals surface area contributed by atoms with Gasteiger partial charge >= 0.3 is 6.18 Å². The summed E-state index contributed by atoms with van der Waals surface area (Å²) in [7, 11) is 2.77. The maximum Gasteiger partial charge on any atom is 0.405 e. The predicted molar refractivity (Wildman–Crippen MR) is 63.6 cm³/mol. The SMILES string of the molecule is CN(CC(=O)NCC(F)(F)F)C(=O)c1c(N)cnn1C. The molecule has 10 heteroatoms. The van der Waals surface area contributed by atoms with Crippen LogP contribution in [0, 0.1) is 0 Å². The zero-order valence-electron chi connectivity index (χ0n) is 10.9. The second-order valence-electron chi connectivity index (χ2n) is 4.13.